The van der Waals surface area contributed by atoms with E-state index >= 15 is 0 Å². The smallest absolute Gasteiger partial charge is 0.303 e. The van der Waals surface area contributed by atoms with Crippen molar-refractivity contribution in [1.82, 2.24) is 4.90 Å². The Hall–Kier alpha value is -4.99. The number of benzene rings is 2. The largest absolute Gasteiger partial charge is 0.494 e. The number of unbranched alkanes of at least 4 members (excludes halogenated alkanes) is 3. The summed E-state index contributed by atoms with van der Waals surface area (Å²) < 4.78 is 23.8. The van der Waals surface area contributed by atoms with Gasteiger partial charge in [0.05, 0.1) is 13.2 Å². The first-order chi connectivity index (χ1) is 23.2. The van der Waals surface area contributed by atoms with Gasteiger partial charge in [0.15, 0.2) is 11.5 Å². The highest BCUT2D eigenvalue weighted by Gasteiger charge is 2.20. The van der Waals surface area contributed by atoms with Crippen LogP contribution in [0.2, 0.25) is 0 Å². The van der Waals surface area contributed by atoms with Gasteiger partial charge in [-0.25, -0.2) is 0 Å². The van der Waals surface area contributed by atoms with E-state index in [4.69, 9.17) is 24.1 Å². The molecule has 256 valence electrons. The Morgan fingerprint density at radius 1 is 0.854 bits per heavy atom. The fourth-order valence-electron chi connectivity index (χ4n) is 5.47. The molecular formula is C38H45NO9. The van der Waals surface area contributed by atoms with E-state index in [2.05, 4.69) is 6.08 Å². The highest BCUT2D eigenvalue weighted by molar-refractivity contribution is 5.95. The average molecular weight is 660 g/mol. The Morgan fingerprint density at radius 3 is 2.38 bits per heavy atom. The first-order valence-electron chi connectivity index (χ1n) is 16.5. The summed E-state index contributed by atoms with van der Waals surface area (Å²) in [4.78, 5) is 36.5. The summed E-state index contributed by atoms with van der Waals surface area (Å²) in [6.45, 7) is 0.736. The molecule has 0 spiro atoms. The number of hydrogen-bond donors (Lipinski definition) is 2. The number of aliphatic carboxylic acids is 2. The molecule has 0 aromatic heterocycles. The van der Waals surface area contributed by atoms with Gasteiger partial charge in [0, 0.05) is 38.1 Å². The van der Waals surface area contributed by atoms with Crippen molar-refractivity contribution in [3.8, 4) is 11.5 Å². The summed E-state index contributed by atoms with van der Waals surface area (Å²) in [5.41, 5.74) is 4.14. The number of nitrogens with zero attached hydrogens (tertiary/aromatic N) is 1. The minimum absolute atomic E-state index is 0.00707. The molecule has 1 heterocycles. The van der Waals surface area contributed by atoms with Gasteiger partial charge in [-0.05, 0) is 85.9 Å². The predicted molar refractivity (Wildman–Crippen MR) is 182 cm³/mol. The van der Waals surface area contributed by atoms with Crippen molar-refractivity contribution >= 4 is 23.6 Å². The lowest BCUT2D eigenvalue weighted by atomic mass is 9.97. The van der Waals surface area contributed by atoms with E-state index in [1.54, 1.807) is 32.5 Å². The first kappa shape index (κ1) is 35.9. The molecule has 0 fully saturated rings. The Bertz CT molecular complexity index is 1570. The zero-order valence-electron chi connectivity index (χ0n) is 27.7. The summed E-state index contributed by atoms with van der Waals surface area (Å²) in [6.07, 6.45) is 16.2. The summed E-state index contributed by atoms with van der Waals surface area (Å²) in [6, 6.07) is 11.1. The van der Waals surface area contributed by atoms with Crippen LogP contribution in [0.1, 0.15) is 84.8 Å². The van der Waals surface area contributed by atoms with Gasteiger partial charge >= 0.3 is 11.9 Å². The molecule has 0 radical (unpaired) electrons. The van der Waals surface area contributed by atoms with Crippen LogP contribution in [0.5, 0.6) is 11.5 Å². The van der Waals surface area contributed by atoms with E-state index in [0.717, 1.165) is 61.6 Å². The van der Waals surface area contributed by atoms with E-state index in [1.807, 2.05) is 36.4 Å². The van der Waals surface area contributed by atoms with Gasteiger partial charge in [0.25, 0.3) is 5.91 Å². The third-order valence-corrected chi connectivity index (χ3v) is 7.97. The topological polar surface area (TPSA) is 132 Å². The molecule has 0 saturated heterocycles. The van der Waals surface area contributed by atoms with Crippen LogP contribution < -0.4 is 9.47 Å². The quantitative estimate of drug-likeness (QED) is 0.149. The normalized spacial score (nSPS) is 13.8. The number of aryl methyl sites for hydroxylation is 1. The molecule has 0 unspecified atom stereocenters. The zero-order valence-corrected chi connectivity index (χ0v) is 27.7. The van der Waals surface area contributed by atoms with Gasteiger partial charge in [-0.15, -0.1) is 0 Å². The van der Waals surface area contributed by atoms with Gasteiger partial charge in [-0.2, -0.15) is 0 Å². The van der Waals surface area contributed by atoms with E-state index in [0.29, 0.717) is 53.6 Å². The average Bonchev–Trinajstić information content (AvgIpc) is 3.09. The second-order valence-electron chi connectivity index (χ2n) is 12.0. The van der Waals surface area contributed by atoms with Crippen molar-refractivity contribution in [3.05, 3.63) is 101 Å². The molecule has 1 aliphatic carbocycles. The maximum atomic E-state index is 12.9. The Balaban J connectivity index is 1.31. The van der Waals surface area contributed by atoms with Crippen LogP contribution in [0, 0.1) is 0 Å². The first-order valence-corrected chi connectivity index (χ1v) is 16.5. The van der Waals surface area contributed by atoms with Crippen molar-refractivity contribution in [2.24, 2.45) is 0 Å². The number of carboxylic acids is 2. The molecular weight excluding hydrogens is 614 g/mol. The van der Waals surface area contributed by atoms with Crippen LogP contribution >= 0.6 is 0 Å². The Kier molecular flexibility index (Phi) is 13.7. The van der Waals surface area contributed by atoms with E-state index < -0.39 is 11.9 Å². The summed E-state index contributed by atoms with van der Waals surface area (Å²) >= 11 is 0. The number of allylic oxidation sites excluding steroid dienone is 4. The summed E-state index contributed by atoms with van der Waals surface area (Å²) in [7, 11) is 3.42. The highest BCUT2D eigenvalue weighted by atomic mass is 16.5. The third kappa shape index (κ3) is 11.1. The van der Waals surface area contributed by atoms with Crippen LogP contribution in [-0.2, 0) is 31.9 Å². The molecule has 2 aliphatic rings. The Labute approximate surface area is 281 Å². The van der Waals surface area contributed by atoms with Crippen molar-refractivity contribution in [2.45, 2.75) is 70.6 Å². The van der Waals surface area contributed by atoms with Crippen LogP contribution in [-0.4, -0.2) is 60.3 Å². The van der Waals surface area contributed by atoms with Gasteiger partial charge in [0.1, 0.15) is 24.0 Å². The molecule has 0 atom stereocenters. The monoisotopic (exact) mass is 659 g/mol. The summed E-state index contributed by atoms with van der Waals surface area (Å²) in [5, 5.41) is 18.1. The lowest BCUT2D eigenvalue weighted by Gasteiger charge is -2.21. The molecule has 48 heavy (non-hydrogen) atoms. The molecule has 10 heteroatoms. The van der Waals surface area contributed by atoms with E-state index in [-0.39, 0.29) is 25.4 Å². The van der Waals surface area contributed by atoms with Crippen LogP contribution in [0.25, 0.3) is 5.76 Å². The van der Waals surface area contributed by atoms with Crippen LogP contribution in [0.15, 0.2) is 78.5 Å². The molecule has 2 N–H and O–H groups in total. The molecule has 1 aliphatic heterocycles. The van der Waals surface area contributed by atoms with Gasteiger partial charge < -0.3 is 34.1 Å². The lowest BCUT2D eigenvalue weighted by molar-refractivity contribution is -0.138. The van der Waals surface area contributed by atoms with Crippen molar-refractivity contribution in [2.75, 3.05) is 27.3 Å². The zero-order chi connectivity index (χ0) is 34.3. The minimum Gasteiger partial charge on any atom is -0.494 e. The number of ether oxygens (including phenoxy) is 4. The van der Waals surface area contributed by atoms with Crippen molar-refractivity contribution in [3.63, 3.8) is 0 Å². The van der Waals surface area contributed by atoms with E-state index in [1.165, 1.54) is 11.2 Å². The molecule has 4 rings (SSSR count). The molecule has 0 bridgehead atoms. The van der Waals surface area contributed by atoms with Crippen LogP contribution in [0.4, 0.5) is 0 Å². The van der Waals surface area contributed by atoms with E-state index in [9.17, 15) is 19.5 Å². The molecule has 1 amide bonds. The summed E-state index contributed by atoms with van der Waals surface area (Å²) in [5.74, 6) is 0.442. The number of carbonyl (C=O) groups excluding carboxylic acids is 1. The fraction of sp³-hybridized carbons (Fsp3) is 0.395. The number of carbonyl (C=O) groups is 3. The standard InChI is InChI=1S/C38H45NO9/c1-39(2)38(44)30-22-29(35-26-45-25-34(48-35)28-13-7-5-8-14-28)23-31(24-30)46-20-9-4-3-6-12-27-15-10-16-33(32(27)18-19-37(42)43)47-21-11-17-36(40)41/h5,7,10,13,15-16,22-26H,3-4,6,8-9,11-12,14,17-21H2,1-2H3,(H,40,41)(H,42,43). The van der Waals surface area contributed by atoms with Crippen molar-refractivity contribution in [1.29, 1.82) is 0 Å². The van der Waals surface area contributed by atoms with Crippen LogP contribution in [0.3, 0.4) is 0 Å². The maximum Gasteiger partial charge on any atom is 0.303 e. The number of rotatable bonds is 19. The van der Waals surface area contributed by atoms with Crippen molar-refractivity contribution < 1.29 is 43.5 Å². The Morgan fingerprint density at radius 2 is 1.62 bits per heavy atom. The molecule has 2 aromatic carbocycles. The molecule has 0 saturated carbocycles. The number of amides is 1. The van der Waals surface area contributed by atoms with Gasteiger partial charge in [-0.1, -0.05) is 43.2 Å². The predicted octanol–water partition coefficient (Wildman–Crippen LogP) is 7.29. The highest BCUT2D eigenvalue weighted by Crippen LogP contribution is 2.33. The second-order valence-corrected chi connectivity index (χ2v) is 12.0. The third-order valence-electron chi connectivity index (χ3n) is 7.97. The number of carboxylic acid groups (broad SMARTS) is 2. The van der Waals surface area contributed by atoms with Gasteiger partial charge in [-0.3, -0.25) is 14.4 Å². The van der Waals surface area contributed by atoms with Gasteiger partial charge in [0.2, 0.25) is 0 Å². The maximum absolute atomic E-state index is 12.9. The number of hydrogen-bond acceptors (Lipinski definition) is 7. The second kappa shape index (κ2) is 18.4. The SMILES string of the molecule is CN(C)C(=O)c1cc(OCCCCCCc2cccc(OCCCC(=O)O)c2CCC(=O)O)cc(C2=COC=C(C3=CC=CCC3)O2)c1. The molecule has 2 aromatic rings. The lowest BCUT2D eigenvalue weighted by Crippen LogP contribution is -2.22. The molecule has 10 nitrogen and oxygen atoms in total. The minimum atomic E-state index is -0.877. The fourth-order valence-corrected chi connectivity index (χ4v) is 5.47.